The minimum atomic E-state index is -0.0643. The second-order valence-corrected chi connectivity index (χ2v) is 6.24. The van der Waals surface area contributed by atoms with Crippen LogP contribution < -0.4 is 0 Å². The van der Waals surface area contributed by atoms with E-state index in [1.165, 1.54) is 0 Å². The van der Waals surface area contributed by atoms with Crippen LogP contribution in [0.15, 0.2) is 42.9 Å². The van der Waals surface area contributed by atoms with E-state index in [0.717, 1.165) is 5.56 Å². The number of carbonyl (C=O) groups is 2. The number of fused-ring (bicyclic) bond motifs is 1. The molecule has 2 fully saturated rings. The first-order valence-electron chi connectivity index (χ1n) is 7.83. The Labute approximate surface area is 134 Å². The number of aromatic nitrogens is 2. The Morgan fingerprint density at radius 3 is 2.87 bits per heavy atom. The molecule has 6 nitrogen and oxygen atoms in total. The van der Waals surface area contributed by atoms with Crippen molar-refractivity contribution in [2.45, 2.75) is 6.54 Å². The van der Waals surface area contributed by atoms with Gasteiger partial charge in [0, 0.05) is 50.7 Å². The highest BCUT2D eigenvalue weighted by molar-refractivity contribution is 5.93. The maximum Gasteiger partial charge on any atom is 0.270 e. The van der Waals surface area contributed by atoms with Crippen molar-refractivity contribution in [2.75, 3.05) is 19.6 Å². The number of pyridine rings is 1. The Balaban J connectivity index is 1.42. The van der Waals surface area contributed by atoms with Gasteiger partial charge in [-0.1, -0.05) is 6.07 Å². The molecule has 6 heteroatoms. The van der Waals surface area contributed by atoms with Gasteiger partial charge in [0.25, 0.3) is 5.91 Å². The van der Waals surface area contributed by atoms with Crippen LogP contribution in [0.5, 0.6) is 0 Å². The molecule has 4 rings (SSSR count). The van der Waals surface area contributed by atoms with Crippen molar-refractivity contribution in [2.24, 2.45) is 11.8 Å². The summed E-state index contributed by atoms with van der Waals surface area (Å²) in [7, 11) is 0. The molecule has 4 heterocycles. The lowest BCUT2D eigenvalue weighted by Gasteiger charge is -2.21. The third-order valence-electron chi connectivity index (χ3n) is 4.74. The second-order valence-electron chi connectivity index (χ2n) is 6.24. The van der Waals surface area contributed by atoms with Gasteiger partial charge in [-0.05, 0) is 23.8 Å². The number of amides is 2. The first kappa shape index (κ1) is 14.0. The van der Waals surface area contributed by atoms with E-state index in [2.05, 4.69) is 9.97 Å². The lowest BCUT2D eigenvalue weighted by atomic mass is 10.0. The largest absolute Gasteiger partial charge is 0.357 e. The second kappa shape index (κ2) is 5.53. The number of likely N-dealkylation sites (tertiary alicyclic amines) is 2. The summed E-state index contributed by atoms with van der Waals surface area (Å²) < 4.78 is 0. The van der Waals surface area contributed by atoms with Crippen molar-refractivity contribution >= 4 is 11.8 Å². The zero-order chi connectivity index (χ0) is 15.8. The summed E-state index contributed by atoms with van der Waals surface area (Å²) in [6, 6.07) is 7.45. The standard InChI is InChI=1S/C17H18N4O2/c22-16-14-11-21(17(23)15-4-2-6-19-15)10-13(14)9-20(16)8-12-3-1-5-18-7-12/h1-7,13-14,19H,8-11H2/t13-,14+/m0/s1. The Morgan fingerprint density at radius 2 is 2.17 bits per heavy atom. The van der Waals surface area contributed by atoms with Crippen LogP contribution in [-0.4, -0.2) is 51.2 Å². The van der Waals surface area contributed by atoms with E-state index in [-0.39, 0.29) is 23.7 Å². The molecule has 0 aliphatic carbocycles. The molecule has 0 bridgehead atoms. The summed E-state index contributed by atoms with van der Waals surface area (Å²) in [5.41, 5.74) is 1.63. The van der Waals surface area contributed by atoms with Crippen LogP contribution in [0.2, 0.25) is 0 Å². The molecule has 118 valence electrons. The molecule has 0 aromatic carbocycles. The fourth-order valence-corrected chi connectivity index (χ4v) is 3.60. The van der Waals surface area contributed by atoms with Gasteiger partial charge in [-0.25, -0.2) is 0 Å². The van der Waals surface area contributed by atoms with Crippen molar-refractivity contribution in [3.63, 3.8) is 0 Å². The van der Waals surface area contributed by atoms with Gasteiger partial charge in [0.15, 0.2) is 0 Å². The van der Waals surface area contributed by atoms with E-state index in [1.54, 1.807) is 29.6 Å². The average molecular weight is 310 g/mol. The zero-order valence-corrected chi connectivity index (χ0v) is 12.7. The fraction of sp³-hybridized carbons (Fsp3) is 0.353. The number of H-pyrrole nitrogens is 1. The molecular weight excluding hydrogens is 292 g/mol. The number of aromatic amines is 1. The van der Waals surface area contributed by atoms with Crippen molar-refractivity contribution in [1.82, 2.24) is 19.8 Å². The lowest BCUT2D eigenvalue weighted by Crippen LogP contribution is -2.35. The molecular formula is C17H18N4O2. The van der Waals surface area contributed by atoms with Crippen molar-refractivity contribution in [3.8, 4) is 0 Å². The number of nitrogens with one attached hydrogen (secondary N) is 1. The summed E-state index contributed by atoms with van der Waals surface area (Å²) >= 11 is 0. The summed E-state index contributed by atoms with van der Waals surface area (Å²) in [6.07, 6.45) is 5.27. The number of hydrogen-bond donors (Lipinski definition) is 1. The van der Waals surface area contributed by atoms with Gasteiger partial charge >= 0.3 is 0 Å². The van der Waals surface area contributed by atoms with Crippen LogP contribution in [0.25, 0.3) is 0 Å². The molecule has 0 spiro atoms. The fourth-order valence-electron chi connectivity index (χ4n) is 3.60. The predicted octanol–water partition coefficient (Wildman–Crippen LogP) is 1.14. The van der Waals surface area contributed by atoms with E-state index in [1.807, 2.05) is 23.1 Å². The van der Waals surface area contributed by atoms with Crippen LogP contribution in [0.4, 0.5) is 0 Å². The highest BCUT2D eigenvalue weighted by Gasteiger charge is 2.47. The van der Waals surface area contributed by atoms with E-state index >= 15 is 0 Å². The smallest absolute Gasteiger partial charge is 0.270 e. The highest BCUT2D eigenvalue weighted by atomic mass is 16.2. The first-order valence-corrected chi connectivity index (χ1v) is 7.83. The number of nitrogens with zero attached hydrogens (tertiary/aromatic N) is 3. The van der Waals surface area contributed by atoms with Crippen LogP contribution >= 0.6 is 0 Å². The van der Waals surface area contributed by atoms with Gasteiger partial charge in [0.05, 0.1) is 5.92 Å². The Morgan fingerprint density at radius 1 is 1.26 bits per heavy atom. The molecule has 23 heavy (non-hydrogen) atoms. The molecule has 0 radical (unpaired) electrons. The summed E-state index contributed by atoms with van der Waals surface area (Å²) in [4.78, 5) is 35.7. The third-order valence-corrected chi connectivity index (χ3v) is 4.74. The highest BCUT2D eigenvalue weighted by Crippen LogP contribution is 2.33. The van der Waals surface area contributed by atoms with Crippen LogP contribution in [0.1, 0.15) is 16.1 Å². The molecule has 0 saturated carbocycles. The van der Waals surface area contributed by atoms with Gasteiger partial charge in [0.1, 0.15) is 5.69 Å². The molecule has 2 aliphatic rings. The molecule has 2 aromatic rings. The average Bonchev–Trinajstić information content (AvgIpc) is 3.28. The van der Waals surface area contributed by atoms with Crippen LogP contribution in [-0.2, 0) is 11.3 Å². The summed E-state index contributed by atoms with van der Waals surface area (Å²) in [6.45, 7) is 2.49. The monoisotopic (exact) mass is 310 g/mol. The Bertz CT molecular complexity index is 713. The van der Waals surface area contributed by atoms with Gasteiger partial charge in [-0.2, -0.15) is 0 Å². The van der Waals surface area contributed by atoms with Crippen LogP contribution in [0.3, 0.4) is 0 Å². The third kappa shape index (κ3) is 2.50. The maximum absolute atomic E-state index is 12.6. The van der Waals surface area contributed by atoms with Gasteiger partial charge < -0.3 is 14.8 Å². The van der Waals surface area contributed by atoms with E-state index < -0.39 is 0 Å². The summed E-state index contributed by atoms with van der Waals surface area (Å²) in [5, 5.41) is 0. The Kier molecular flexibility index (Phi) is 3.37. The van der Waals surface area contributed by atoms with Crippen molar-refractivity contribution in [1.29, 1.82) is 0 Å². The molecule has 2 aliphatic heterocycles. The number of hydrogen-bond acceptors (Lipinski definition) is 3. The first-order chi connectivity index (χ1) is 11.2. The topological polar surface area (TPSA) is 69.3 Å². The Hall–Kier alpha value is -2.63. The minimum absolute atomic E-state index is 0.0176. The number of carbonyl (C=O) groups excluding carboxylic acids is 2. The van der Waals surface area contributed by atoms with E-state index in [9.17, 15) is 9.59 Å². The van der Waals surface area contributed by atoms with E-state index in [0.29, 0.717) is 31.9 Å². The maximum atomic E-state index is 12.6. The molecule has 2 atom stereocenters. The molecule has 1 N–H and O–H groups in total. The SMILES string of the molecule is O=C(c1ccc[nH]1)N1C[C@@H]2CN(Cc3cccnc3)C(=O)[C@@H]2C1. The van der Waals surface area contributed by atoms with E-state index in [4.69, 9.17) is 0 Å². The van der Waals surface area contributed by atoms with Gasteiger partial charge in [-0.3, -0.25) is 14.6 Å². The zero-order valence-electron chi connectivity index (χ0n) is 12.7. The van der Waals surface area contributed by atoms with Crippen LogP contribution in [0, 0.1) is 11.8 Å². The normalized spacial score (nSPS) is 23.4. The van der Waals surface area contributed by atoms with Crippen molar-refractivity contribution in [3.05, 3.63) is 54.1 Å². The molecule has 2 saturated heterocycles. The molecule has 0 unspecified atom stereocenters. The lowest BCUT2D eigenvalue weighted by molar-refractivity contribution is -0.131. The van der Waals surface area contributed by atoms with Gasteiger partial charge in [0.2, 0.25) is 5.91 Å². The summed E-state index contributed by atoms with van der Waals surface area (Å²) in [5.74, 6) is 0.306. The molecule has 2 amide bonds. The molecule has 2 aromatic heterocycles. The number of rotatable bonds is 3. The van der Waals surface area contributed by atoms with Gasteiger partial charge in [-0.15, -0.1) is 0 Å². The quantitative estimate of drug-likeness (QED) is 0.924. The predicted molar refractivity (Wildman–Crippen MR) is 83.3 cm³/mol. The van der Waals surface area contributed by atoms with Crippen molar-refractivity contribution < 1.29 is 9.59 Å². The minimum Gasteiger partial charge on any atom is -0.357 e.